The third-order valence-corrected chi connectivity index (χ3v) is 4.83. The molecule has 9 heteroatoms. The first kappa shape index (κ1) is 17.7. The molecule has 6 nitrogen and oxygen atoms in total. The second-order valence-corrected chi connectivity index (χ2v) is 6.88. The highest BCUT2D eigenvalue weighted by Crippen LogP contribution is 2.33. The molecule has 1 saturated heterocycles. The van der Waals surface area contributed by atoms with E-state index in [2.05, 4.69) is 37.7 Å². The van der Waals surface area contributed by atoms with E-state index in [1.165, 1.54) is 12.1 Å². The Balaban J connectivity index is 1.65. The molecule has 3 aromatic rings. The molecule has 2 N–H and O–H groups in total. The Morgan fingerprint density at radius 1 is 1.19 bits per heavy atom. The number of H-pyrrole nitrogens is 1. The van der Waals surface area contributed by atoms with Crippen LogP contribution in [0.1, 0.15) is 18.4 Å². The fraction of sp³-hybridized carbons (Fsp3) is 0.389. The van der Waals surface area contributed by atoms with E-state index in [1.54, 1.807) is 6.20 Å². The Bertz CT molecular complexity index is 934. The van der Waals surface area contributed by atoms with E-state index in [0.29, 0.717) is 22.6 Å². The van der Waals surface area contributed by atoms with Gasteiger partial charge in [-0.1, -0.05) is 12.1 Å². The smallest absolute Gasteiger partial charge is 0.363 e. The Kier molecular flexibility index (Phi) is 4.47. The number of likely N-dealkylation sites (N-methyl/N-ethyl adjacent to an activating group) is 1. The number of piperidine rings is 1. The molecule has 1 aromatic carbocycles. The maximum Gasteiger partial charge on any atom is 0.416 e. The number of nitrogens with zero attached hydrogens (tertiary/aromatic N) is 4. The number of aromatic amines is 1. The van der Waals surface area contributed by atoms with Crippen molar-refractivity contribution in [1.29, 1.82) is 0 Å². The third-order valence-electron chi connectivity index (χ3n) is 4.83. The van der Waals surface area contributed by atoms with E-state index in [0.717, 1.165) is 43.5 Å². The van der Waals surface area contributed by atoms with Gasteiger partial charge in [-0.05, 0) is 38.6 Å². The Morgan fingerprint density at radius 3 is 2.67 bits per heavy atom. The van der Waals surface area contributed by atoms with Crippen LogP contribution in [0, 0.1) is 0 Å². The van der Waals surface area contributed by atoms with E-state index in [9.17, 15) is 13.2 Å². The summed E-state index contributed by atoms with van der Waals surface area (Å²) in [6.07, 6.45) is -0.592. The molecule has 0 amide bonds. The van der Waals surface area contributed by atoms with Gasteiger partial charge < -0.3 is 10.2 Å². The molecule has 4 rings (SSSR count). The number of rotatable bonds is 3. The highest BCUT2D eigenvalue weighted by molar-refractivity contribution is 5.97. The van der Waals surface area contributed by atoms with Gasteiger partial charge in [0.15, 0.2) is 5.82 Å². The van der Waals surface area contributed by atoms with E-state index in [-0.39, 0.29) is 6.04 Å². The van der Waals surface area contributed by atoms with Gasteiger partial charge in [-0.25, -0.2) is 0 Å². The van der Waals surface area contributed by atoms with Crippen molar-refractivity contribution in [2.45, 2.75) is 25.1 Å². The van der Waals surface area contributed by atoms with Crippen molar-refractivity contribution in [1.82, 2.24) is 25.3 Å². The molecule has 1 aliphatic heterocycles. The molecule has 0 radical (unpaired) electrons. The molecule has 0 bridgehead atoms. The van der Waals surface area contributed by atoms with Crippen LogP contribution in [-0.4, -0.2) is 51.5 Å². The number of likely N-dealkylation sites (tertiary alicyclic amines) is 1. The molecule has 0 saturated carbocycles. The van der Waals surface area contributed by atoms with Crippen LogP contribution in [0.5, 0.6) is 0 Å². The maximum atomic E-state index is 12.8. The summed E-state index contributed by atoms with van der Waals surface area (Å²) in [6.45, 7) is 1.99. The van der Waals surface area contributed by atoms with Crippen LogP contribution >= 0.6 is 0 Å². The fourth-order valence-electron chi connectivity index (χ4n) is 3.46. The molecule has 1 aliphatic rings. The monoisotopic (exact) mass is 376 g/mol. The zero-order valence-corrected chi connectivity index (χ0v) is 14.7. The lowest BCUT2D eigenvalue weighted by Crippen LogP contribution is -2.40. The van der Waals surface area contributed by atoms with Crippen molar-refractivity contribution in [3.05, 3.63) is 36.0 Å². The number of benzene rings is 1. The van der Waals surface area contributed by atoms with Crippen LogP contribution in [0.3, 0.4) is 0 Å². The van der Waals surface area contributed by atoms with E-state index >= 15 is 0 Å². The number of hydrogen-bond donors (Lipinski definition) is 2. The lowest BCUT2D eigenvalue weighted by Gasteiger charge is -2.30. The topological polar surface area (TPSA) is 69.7 Å². The van der Waals surface area contributed by atoms with Crippen molar-refractivity contribution >= 4 is 16.7 Å². The molecule has 142 valence electrons. The van der Waals surface area contributed by atoms with E-state index in [1.807, 2.05) is 0 Å². The normalized spacial score (nSPS) is 18.7. The average Bonchev–Trinajstić information content (AvgIpc) is 3.12. The highest BCUT2D eigenvalue weighted by atomic mass is 19.4. The van der Waals surface area contributed by atoms with Crippen molar-refractivity contribution in [2.24, 2.45) is 0 Å². The Hall–Kier alpha value is -2.68. The minimum Gasteiger partial charge on any atom is -0.363 e. The van der Waals surface area contributed by atoms with Gasteiger partial charge in [0.25, 0.3) is 0 Å². The first-order valence-electron chi connectivity index (χ1n) is 8.74. The molecule has 27 heavy (non-hydrogen) atoms. The van der Waals surface area contributed by atoms with Crippen molar-refractivity contribution in [3.8, 4) is 11.3 Å². The van der Waals surface area contributed by atoms with Crippen molar-refractivity contribution in [3.63, 3.8) is 0 Å². The standard InChI is InChI=1S/C18H19F3N6/c1-27-8-2-3-13(10-27)23-17-16-14(9-22-24-16)15(25-26-17)11-4-6-12(7-5-11)18(19,20)21/h4-7,9,13H,2-3,8,10H2,1H3,(H,22,24)(H,23,26)/t13-/m1/s1. The summed E-state index contributed by atoms with van der Waals surface area (Å²) in [7, 11) is 2.08. The summed E-state index contributed by atoms with van der Waals surface area (Å²) in [5.74, 6) is 0.610. The van der Waals surface area contributed by atoms with Crippen molar-refractivity contribution in [2.75, 3.05) is 25.5 Å². The van der Waals surface area contributed by atoms with E-state index in [4.69, 9.17) is 0 Å². The molecule has 0 unspecified atom stereocenters. The number of aromatic nitrogens is 4. The van der Waals surface area contributed by atoms with Crippen LogP contribution in [0.25, 0.3) is 22.2 Å². The molecular weight excluding hydrogens is 357 g/mol. The molecule has 1 fully saturated rings. The lowest BCUT2D eigenvalue weighted by atomic mass is 10.1. The summed E-state index contributed by atoms with van der Waals surface area (Å²) in [6, 6.07) is 5.17. The fourth-order valence-corrected chi connectivity index (χ4v) is 3.46. The molecular formula is C18H19F3N6. The number of nitrogens with one attached hydrogen (secondary N) is 2. The lowest BCUT2D eigenvalue weighted by molar-refractivity contribution is -0.137. The third kappa shape index (κ3) is 3.59. The number of alkyl halides is 3. The highest BCUT2D eigenvalue weighted by Gasteiger charge is 2.30. The number of fused-ring (bicyclic) bond motifs is 1. The second-order valence-electron chi connectivity index (χ2n) is 6.88. The zero-order chi connectivity index (χ0) is 19.0. The van der Waals surface area contributed by atoms with Gasteiger partial charge in [0.05, 0.1) is 17.1 Å². The van der Waals surface area contributed by atoms with Gasteiger partial charge in [-0.3, -0.25) is 5.10 Å². The minimum atomic E-state index is -4.36. The van der Waals surface area contributed by atoms with Gasteiger partial charge in [-0.15, -0.1) is 10.2 Å². The first-order chi connectivity index (χ1) is 12.9. The minimum absolute atomic E-state index is 0.265. The number of hydrogen-bond acceptors (Lipinski definition) is 5. The van der Waals surface area contributed by atoms with Gasteiger partial charge in [0.2, 0.25) is 0 Å². The molecule has 2 aromatic heterocycles. The molecule has 1 atom stereocenters. The molecule has 0 spiro atoms. The maximum absolute atomic E-state index is 12.8. The van der Waals surface area contributed by atoms with Gasteiger partial charge in [0.1, 0.15) is 11.2 Å². The zero-order valence-electron chi connectivity index (χ0n) is 14.7. The molecule has 3 heterocycles. The van der Waals surface area contributed by atoms with Gasteiger partial charge >= 0.3 is 6.18 Å². The van der Waals surface area contributed by atoms with Crippen LogP contribution < -0.4 is 5.32 Å². The number of halogens is 3. The van der Waals surface area contributed by atoms with Crippen LogP contribution in [0.4, 0.5) is 19.0 Å². The average molecular weight is 376 g/mol. The summed E-state index contributed by atoms with van der Waals surface area (Å²) in [5.41, 5.74) is 1.07. The summed E-state index contributed by atoms with van der Waals surface area (Å²) in [5, 5.41) is 19.7. The number of anilines is 1. The Labute approximate surface area is 153 Å². The van der Waals surface area contributed by atoms with E-state index < -0.39 is 11.7 Å². The largest absolute Gasteiger partial charge is 0.416 e. The predicted molar refractivity (Wildman–Crippen MR) is 96.3 cm³/mol. The summed E-state index contributed by atoms with van der Waals surface area (Å²) < 4.78 is 38.3. The summed E-state index contributed by atoms with van der Waals surface area (Å²) >= 11 is 0. The van der Waals surface area contributed by atoms with Gasteiger partial charge in [-0.2, -0.15) is 18.3 Å². The van der Waals surface area contributed by atoms with Crippen LogP contribution in [0.15, 0.2) is 30.5 Å². The Morgan fingerprint density at radius 2 is 1.96 bits per heavy atom. The SMILES string of the molecule is CN1CCC[C@@H](Nc2nnc(-c3ccc(C(F)(F)F)cc3)c3cn[nH]c23)C1. The predicted octanol–water partition coefficient (Wildman–Crippen LogP) is 3.54. The van der Waals surface area contributed by atoms with Gasteiger partial charge in [0, 0.05) is 18.2 Å². The first-order valence-corrected chi connectivity index (χ1v) is 8.74. The summed E-state index contributed by atoms with van der Waals surface area (Å²) in [4.78, 5) is 2.26. The van der Waals surface area contributed by atoms with Crippen LogP contribution in [0.2, 0.25) is 0 Å². The molecule has 0 aliphatic carbocycles. The van der Waals surface area contributed by atoms with Crippen molar-refractivity contribution < 1.29 is 13.2 Å². The van der Waals surface area contributed by atoms with Crippen LogP contribution in [-0.2, 0) is 6.18 Å². The second kappa shape index (κ2) is 6.80. The quantitative estimate of drug-likeness (QED) is 0.732.